The average Bonchev–Trinajstić information content (AvgIpc) is 3.17. The van der Waals surface area contributed by atoms with Crippen molar-refractivity contribution in [2.75, 3.05) is 11.9 Å². The molecule has 1 aliphatic heterocycles. The smallest absolute Gasteiger partial charge is 0.321 e. The number of carbonyl (C=O) groups excluding carboxylic acids is 2. The van der Waals surface area contributed by atoms with Gasteiger partial charge in [-0.15, -0.1) is 0 Å². The van der Waals surface area contributed by atoms with Crippen LogP contribution in [-0.4, -0.2) is 33.7 Å². The summed E-state index contributed by atoms with van der Waals surface area (Å²) in [4.78, 5) is 33.4. The number of hydrogen-bond acceptors (Lipinski definition) is 7. The van der Waals surface area contributed by atoms with Gasteiger partial charge in [-0.05, 0) is 55.4 Å². The van der Waals surface area contributed by atoms with Crippen LogP contribution in [0.3, 0.4) is 0 Å². The number of nitrogens with zero attached hydrogens (tertiary/aromatic N) is 2. The summed E-state index contributed by atoms with van der Waals surface area (Å²) in [6.45, 7) is 4.18. The number of aliphatic imine (C=N–C) groups is 1. The Morgan fingerprint density at radius 1 is 1.44 bits per heavy atom. The molecule has 10 heteroatoms. The maximum Gasteiger partial charge on any atom is 0.321 e. The van der Waals surface area contributed by atoms with Gasteiger partial charge in [0, 0.05) is 12.7 Å². The minimum Gasteiger partial charge on any atom is -0.508 e. The van der Waals surface area contributed by atoms with Gasteiger partial charge >= 0.3 is 6.03 Å². The van der Waals surface area contributed by atoms with Crippen LogP contribution in [0.1, 0.15) is 17.4 Å². The summed E-state index contributed by atoms with van der Waals surface area (Å²) in [6, 6.07) is 4.52. The van der Waals surface area contributed by atoms with Gasteiger partial charge in [0.1, 0.15) is 5.75 Å². The molecule has 0 unspecified atom stereocenters. The van der Waals surface area contributed by atoms with Crippen LogP contribution in [0.15, 0.2) is 34.3 Å². The zero-order valence-electron chi connectivity index (χ0n) is 14.6. The highest BCUT2D eigenvalue weighted by molar-refractivity contribution is 8.18. The number of phenols is 1. The summed E-state index contributed by atoms with van der Waals surface area (Å²) in [7, 11) is 0. The number of aromatic hydroxyl groups is 1. The third-order valence-electron chi connectivity index (χ3n) is 3.41. The highest BCUT2D eigenvalue weighted by atomic mass is 32.2. The number of urea groups is 1. The molecule has 0 bridgehead atoms. The number of aryl methyl sites for hydroxylation is 1. The number of amides is 3. The number of carbonyl (C=O) groups is 2. The van der Waals surface area contributed by atoms with Crippen LogP contribution in [-0.2, 0) is 4.79 Å². The van der Waals surface area contributed by atoms with E-state index < -0.39 is 0 Å². The fraction of sp³-hybridized carbons (Fsp3) is 0.176. The lowest BCUT2D eigenvalue weighted by atomic mass is 10.2. The van der Waals surface area contributed by atoms with Gasteiger partial charge in [-0.3, -0.25) is 10.1 Å². The highest BCUT2D eigenvalue weighted by Crippen LogP contribution is 2.31. The molecule has 8 nitrogen and oxygen atoms in total. The number of benzene rings is 1. The molecular weight excluding hydrogens is 386 g/mol. The van der Waals surface area contributed by atoms with Crippen molar-refractivity contribution >= 4 is 57.1 Å². The standard InChI is InChI=1S/C17H17N5O3S2/c1-3-18-15(25)22-16-19-8-11(26-16)7-13-14(24)21-17(27-13)20-12-5-4-10(23)6-9(12)2/h4-8,23H,3H2,1-2H3,(H,20,21,24)(H2,18,19,22,25). The lowest BCUT2D eigenvalue weighted by Crippen LogP contribution is -2.28. The van der Waals surface area contributed by atoms with Crippen molar-refractivity contribution in [1.82, 2.24) is 15.6 Å². The SMILES string of the molecule is CCNC(=O)Nc1ncc(C=C2SC(=Nc3ccc(O)cc3C)NC2=O)s1. The second kappa shape index (κ2) is 8.23. The van der Waals surface area contributed by atoms with Crippen LogP contribution in [0.5, 0.6) is 5.75 Å². The van der Waals surface area contributed by atoms with E-state index >= 15 is 0 Å². The molecule has 2 heterocycles. The molecule has 3 amide bonds. The van der Waals surface area contributed by atoms with Crippen molar-refractivity contribution < 1.29 is 14.7 Å². The summed E-state index contributed by atoms with van der Waals surface area (Å²) in [5.41, 5.74) is 1.47. The predicted molar refractivity (Wildman–Crippen MR) is 108 cm³/mol. The van der Waals surface area contributed by atoms with Gasteiger partial charge in [-0.2, -0.15) is 0 Å². The average molecular weight is 403 g/mol. The van der Waals surface area contributed by atoms with Crippen LogP contribution in [0.25, 0.3) is 6.08 Å². The molecule has 0 aliphatic carbocycles. The molecule has 27 heavy (non-hydrogen) atoms. The lowest BCUT2D eigenvalue weighted by Gasteiger charge is -2.01. The zero-order chi connectivity index (χ0) is 19.4. The number of phenolic OH excluding ortho intramolecular Hbond substituents is 1. The van der Waals surface area contributed by atoms with Gasteiger partial charge < -0.3 is 15.7 Å². The monoisotopic (exact) mass is 403 g/mol. The van der Waals surface area contributed by atoms with Gasteiger partial charge in [0.05, 0.1) is 15.5 Å². The second-order valence-electron chi connectivity index (χ2n) is 5.50. The molecule has 3 rings (SSSR count). The number of amidine groups is 1. The first-order chi connectivity index (χ1) is 12.9. The van der Waals surface area contributed by atoms with E-state index in [1.54, 1.807) is 30.5 Å². The molecule has 1 aromatic carbocycles. The minimum absolute atomic E-state index is 0.169. The Balaban J connectivity index is 1.73. The van der Waals surface area contributed by atoms with E-state index in [0.29, 0.717) is 27.4 Å². The Labute approximate surface area is 163 Å². The molecule has 1 fully saturated rings. The Morgan fingerprint density at radius 2 is 2.26 bits per heavy atom. The summed E-state index contributed by atoms with van der Waals surface area (Å²) < 4.78 is 0. The number of anilines is 1. The molecule has 2 aromatic rings. The van der Waals surface area contributed by atoms with E-state index in [2.05, 4.69) is 25.9 Å². The van der Waals surface area contributed by atoms with Crippen LogP contribution < -0.4 is 16.0 Å². The van der Waals surface area contributed by atoms with Crippen molar-refractivity contribution in [3.8, 4) is 5.75 Å². The first kappa shape index (κ1) is 18.9. The number of aromatic nitrogens is 1. The molecule has 1 aliphatic rings. The summed E-state index contributed by atoms with van der Waals surface area (Å²) >= 11 is 2.48. The fourth-order valence-electron chi connectivity index (χ4n) is 2.20. The predicted octanol–water partition coefficient (Wildman–Crippen LogP) is 3.19. The second-order valence-corrected chi connectivity index (χ2v) is 7.60. The van der Waals surface area contributed by atoms with Crippen molar-refractivity contribution in [2.45, 2.75) is 13.8 Å². The number of rotatable bonds is 4. The quantitative estimate of drug-likeness (QED) is 0.585. The lowest BCUT2D eigenvalue weighted by molar-refractivity contribution is -0.115. The summed E-state index contributed by atoms with van der Waals surface area (Å²) in [5.74, 6) is -0.0795. The number of thioether (sulfide) groups is 1. The first-order valence-electron chi connectivity index (χ1n) is 8.04. The van der Waals surface area contributed by atoms with Gasteiger partial charge in [0.15, 0.2) is 10.3 Å². The van der Waals surface area contributed by atoms with Crippen molar-refractivity contribution in [3.63, 3.8) is 0 Å². The van der Waals surface area contributed by atoms with Gasteiger partial charge in [0.2, 0.25) is 0 Å². The first-order valence-corrected chi connectivity index (χ1v) is 9.68. The van der Waals surface area contributed by atoms with E-state index in [1.807, 2.05) is 13.8 Å². The minimum atomic E-state index is -0.322. The van der Waals surface area contributed by atoms with Gasteiger partial charge in [-0.1, -0.05) is 11.3 Å². The number of hydrogen-bond donors (Lipinski definition) is 4. The molecule has 0 saturated carbocycles. The highest BCUT2D eigenvalue weighted by Gasteiger charge is 2.24. The fourth-order valence-corrected chi connectivity index (χ4v) is 3.85. The molecule has 0 spiro atoms. The molecule has 0 radical (unpaired) electrons. The molecule has 1 aromatic heterocycles. The number of nitrogens with one attached hydrogen (secondary N) is 3. The van der Waals surface area contributed by atoms with Gasteiger partial charge in [0.25, 0.3) is 5.91 Å². The zero-order valence-corrected chi connectivity index (χ0v) is 16.2. The van der Waals surface area contributed by atoms with Crippen molar-refractivity contribution in [2.24, 2.45) is 4.99 Å². The van der Waals surface area contributed by atoms with Crippen molar-refractivity contribution in [3.05, 3.63) is 39.7 Å². The molecule has 1 saturated heterocycles. The van der Waals surface area contributed by atoms with Crippen molar-refractivity contribution in [1.29, 1.82) is 0 Å². The van der Waals surface area contributed by atoms with E-state index in [4.69, 9.17) is 0 Å². The number of thiazole rings is 1. The van der Waals surface area contributed by atoms with E-state index in [9.17, 15) is 14.7 Å². The van der Waals surface area contributed by atoms with E-state index in [-0.39, 0.29) is 17.7 Å². The van der Waals surface area contributed by atoms with E-state index in [1.165, 1.54) is 23.1 Å². The topological polar surface area (TPSA) is 116 Å². The maximum atomic E-state index is 12.2. The Morgan fingerprint density at radius 3 is 3.00 bits per heavy atom. The largest absolute Gasteiger partial charge is 0.508 e. The summed E-state index contributed by atoms with van der Waals surface area (Å²) in [6.07, 6.45) is 3.29. The molecule has 140 valence electrons. The van der Waals surface area contributed by atoms with Gasteiger partial charge in [-0.25, -0.2) is 14.8 Å². The Hall–Kier alpha value is -2.85. The van der Waals surface area contributed by atoms with Crippen LogP contribution >= 0.6 is 23.1 Å². The molecule has 0 atom stereocenters. The Bertz CT molecular complexity index is 952. The Kier molecular flexibility index (Phi) is 5.77. The van der Waals surface area contributed by atoms with E-state index in [0.717, 1.165) is 10.4 Å². The maximum absolute atomic E-state index is 12.2. The van der Waals surface area contributed by atoms with Crippen LogP contribution in [0.2, 0.25) is 0 Å². The normalized spacial score (nSPS) is 16.6. The molecular formula is C17H17N5O3S2. The summed E-state index contributed by atoms with van der Waals surface area (Å²) in [5, 5.41) is 18.3. The van der Waals surface area contributed by atoms with Crippen LogP contribution in [0.4, 0.5) is 15.6 Å². The third kappa shape index (κ3) is 4.86. The molecule has 4 N–H and O–H groups in total. The van der Waals surface area contributed by atoms with Crippen LogP contribution in [0, 0.1) is 6.92 Å². The third-order valence-corrected chi connectivity index (χ3v) is 5.18.